The number of carbonyl (C=O) groups is 1. The first kappa shape index (κ1) is 10.1. The van der Waals surface area contributed by atoms with E-state index in [-0.39, 0.29) is 11.6 Å². The second-order valence-electron chi connectivity index (χ2n) is 3.51. The predicted octanol–water partition coefficient (Wildman–Crippen LogP) is 3.34. The van der Waals surface area contributed by atoms with Crippen LogP contribution in [0.3, 0.4) is 0 Å². The molecule has 0 atom stereocenters. The van der Waals surface area contributed by atoms with Crippen molar-refractivity contribution in [3.05, 3.63) is 32.6 Å². The van der Waals surface area contributed by atoms with Crippen LogP contribution in [0.5, 0.6) is 0 Å². The first-order valence-corrected chi connectivity index (χ1v) is 5.78. The number of rotatable bonds is 0. The molecule has 1 aliphatic carbocycles. The molecule has 0 spiro atoms. The molecule has 0 heterocycles. The number of carbonyl (C=O) groups excluding carboxylic acids is 1. The highest BCUT2D eigenvalue weighted by Gasteiger charge is 2.20. The van der Waals surface area contributed by atoms with Crippen LogP contribution in [-0.4, -0.2) is 5.78 Å². The van der Waals surface area contributed by atoms with E-state index in [1.807, 2.05) is 0 Å². The molecule has 0 N–H and O–H groups in total. The summed E-state index contributed by atoms with van der Waals surface area (Å²) in [7, 11) is 0. The van der Waals surface area contributed by atoms with Gasteiger partial charge in [-0.1, -0.05) is 0 Å². The van der Waals surface area contributed by atoms with Gasteiger partial charge in [0.2, 0.25) is 0 Å². The van der Waals surface area contributed by atoms with E-state index in [4.69, 9.17) is 0 Å². The molecule has 74 valence electrons. The number of halogens is 2. The van der Waals surface area contributed by atoms with Gasteiger partial charge in [0, 0.05) is 15.6 Å². The third-order valence-electron chi connectivity index (χ3n) is 2.56. The number of Topliss-reactive ketones (excluding diaryl/α,β-unsaturated/α-hetero) is 1. The molecule has 0 aliphatic heterocycles. The van der Waals surface area contributed by atoms with Gasteiger partial charge in [0.1, 0.15) is 5.82 Å². The number of benzene rings is 1. The Morgan fingerprint density at radius 3 is 2.71 bits per heavy atom. The highest BCUT2D eigenvalue weighted by molar-refractivity contribution is 14.1. The first-order chi connectivity index (χ1) is 6.70. The van der Waals surface area contributed by atoms with Crippen molar-refractivity contribution in [2.45, 2.75) is 25.7 Å². The minimum atomic E-state index is -0.226. The smallest absolute Gasteiger partial charge is 0.164 e. The van der Waals surface area contributed by atoms with Crippen LogP contribution in [0.1, 0.15) is 35.2 Å². The second kappa shape index (κ2) is 3.96. The molecule has 3 heteroatoms. The third-order valence-corrected chi connectivity index (χ3v) is 3.46. The predicted molar refractivity (Wildman–Crippen MR) is 61.0 cm³/mol. The fourth-order valence-electron chi connectivity index (χ4n) is 1.85. The molecule has 0 aromatic heterocycles. The lowest BCUT2D eigenvalue weighted by Gasteiger charge is -2.07. The summed E-state index contributed by atoms with van der Waals surface area (Å²) in [5.74, 6) is -0.128. The molecule has 0 unspecified atom stereocenters. The molecule has 1 aliphatic rings. The van der Waals surface area contributed by atoms with Crippen LogP contribution in [0, 0.1) is 9.39 Å². The van der Waals surface area contributed by atoms with E-state index in [0.29, 0.717) is 24.0 Å². The molecule has 0 radical (unpaired) electrons. The largest absolute Gasteiger partial charge is 0.294 e. The summed E-state index contributed by atoms with van der Waals surface area (Å²) in [4.78, 5) is 11.7. The molecular formula is C11H10FIO. The van der Waals surface area contributed by atoms with Crippen LogP contribution < -0.4 is 0 Å². The van der Waals surface area contributed by atoms with E-state index in [2.05, 4.69) is 22.6 Å². The molecular weight excluding hydrogens is 294 g/mol. The van der Waals surface area contributed by atoms with Crippen LogP contribution in [0.4, 0.5) is 4.39 Å². The monoisotopic (exact) mass is 304 g/mol. The van der Waals surface area contributed by atoms with Gasteiger partial charge in [0.15, 0.2) is 5.78 Å². The Balaban J connectivity index is 2.62. The minimum absolute atomic E-state index is 0.0985. The van der Waals surface area contributed by atoms with Crippen molar-refractivity contribution >= 4 is 28.4 Å². The van der Waals surface area contributed by atoms with Crippen molar-refractivity contribution in [3.8, 4) is 0 Å². The Morgan fingerprint density at radius 2 is 1.93 bits per heavy atom. The molecule has 0 fully saturated rings. The van der Waals surface area contributed by atoms with Crippen LogP contribution in [0.2, 0.25) is 0 Å². The molecule has 0 bridgehead atoms. The van der Waals surface area contributed by atoms with Crippen molar-refractivity contribution in [1.29, 1.82) is 0 Å². The van der Waals surface area contributed by atoms with Gasteiger partial charge in [0.25, 0.3) is 0 Å². The Morgan fingerprint density at radius 1 is 1.21 bits per heavy atom. The van der Waals surface area contributed by atoms with E-state index in [1.54, 1.807) is 6.07 Å². The molecule has 1 nitrogen and oxygen atoms in total. The zero-order valence-electron chi connectivity index (χ0n) is 7.65. The van der Waals surface area contributed by atoms with Crippen LogP contribution in [-0.2, 0) is 6.42 Å². The second-order valence-corrected chi connectivity index (χ2v) is 4.68. The zero-order chi connectivity index (χ0) is 10.1. The summed E-state index contributed by atoms with van der Waals surface area (Å²) in [6.07, 6.45) is 3.05. The number of hydrogen-bond donors (Lipinski definition) is 0. The summed E-state index contributed by atoms with van der Waals surface area (Å²) in [5.41, 5.74) is 1.25. The van der Waals surface area contributed by atoms with E-state index in [0.717, 1.165) is 16.4 Å². The summed E-state index contributed by atoms with van der Waals surface area (Å²) < 4.78 is 14.3. The molecule has 0 amide bonds. The van der Waals surface area contributed by atoms with E-state index in [1.165, 1.54) is 6.07 Å². The zero-order valence-corrected chi connectivity index (χ0v) is 9.80. The van der Waals surface area contributed by atoms with Crippen molar-refractivity contribution in [2.24, 2.45) is 0 Å². The highest BCUT2D eigenvalue weighted by atomic mass is 127. The maximum atomic E-state index is 13.4. The molecule has 2 rings (SSSR count). The van der Waals surface area contributed by atoms with Crippen molar-refractivity contribution in [1.82, 2.24) is 0 Å². The van der Waals surface area contributed by atoms with E-state index in [9.17, 15) is 9.18 Å². The quantitative estimate of drug-likeness (QED) is 0.531. The minimum Gasteiger partial charge on any atom is -0.294 e. The Kier molecular flexibility index (Phi) is 2.85. The molecule has 1 aromatic carbocycles. The maximum Gasteiger partial charge on any atom is 0.164 e. The van der Waals surface area contributed by atoms with Crippen molar-refractivity contribution in [2.75, 3.05) is 0 Å². The topological polar surface area (TPSA) is 17.1 Å². The highest BCUT2D eigenvalue weighted by Crippen LogP contribution is 2.27. The van der Waals surface area contributed by atoms with E-state index >= 15 is 0 Å². The normalized spacial score (nSPS) is 16.3. The standard InChI is InChI=1S/C11H10FIO/c12-8-5-6-9(13)11-7(8)3-1-2-4-10(11)14/h5-6H,1-4H2. The summed E-state index contributed by atoms with van der Waals surface area (Å²) in [5, 5.41) is 0. The molecule has 0 saturated carbocycles. The first-order valence-electron chi connectivity index (χ1n) is 4.70. The average Bonchev–Trinajstić information content (AvgIpc) is 2.35. The lowest BCUT2D eigenvalue weighted by Crippen LogP contribution is -2.05. The molecule has 0 saturated heterocycles. The van der Waals surface area contributed by atoms with Gasteiger partial charge < -0.3 is 0 Å². The van der Waals surface area contributed by atoms with Gasteiger partial charge in [-0.3, -0.25) is 4.79 Å². The van der Waals surface area contributed by atoms with Gasteiger partial charge in [-0.05, 0) is 59.5 Å². The van der Waals surface area contributed by atoms with Gasteiger partial charge in [-0.25, -0.2) is 4.39 Å². The fraction of sp³-hybridized carbons (Fsp3) is 0.364. The van der Waals surface area contributed by atoms with Crippen LogP contribution >= 0.6 is 22.6 Å². The summed E-state index contributed by atoms with van der Waals surface area (Å²) in [6.45, 7) is 0. The number of fused-ring (bicyclic) bond motifs is 1. The van der Waals surface area contributed by atoms with Crippen LogP contribution in [0.15, 0.2) is 12.1 Å². The van der Waals surface area contributed by atoms with Gasteiger partial charge in [-0.2, -0.15) is 0 Å². The number of ketones is 1. The van der Waals surface area contributed by atoms with E-state index < -0.39 is 0 Å². The maximum absolute atomic E-state index is 13.4. The third kappa shape index (κ3) is 1.69. The van der Waals surface area contributed by atoms with Crippen LogP contribution in [0.25, 0.3) is 0 Å². The summed E-state index contributed by atoms with van der Waals surface area (Å²) >= 11 is 2.10. The Hall–Kier alpha value is -0.450. The van der Waals surface area contributed by atoms with Crippen molar-refractivity contribution < 1.29 is 9.18 Å². The van der Waals surface area contributed by atoms with Crippen molar-refractivity contribution in [3.63, 3.8) is 0 Å². The molecule has 14 heavy (non-hydrogen) atoms. The van der Waals surface area contributed by atoms with Gasteiger partial charge >= 0.3 is 0 Å². The fourth-order valence-corrected chi connectivity index (χ4v) is 2.66. The SMILES string of the molecule is O=C1CCCCc2c(F)ccc(I)c21. The lowest BCUT2D eigenvalue weighted by atomic mass is 10.0. The Bertz CT molecular complexity index is 387. The van der Waals surface area contributed by atoms with Gasteiger partial charge in [0.05, 0.1) is 0 Å². The number of hydrogen-bond acceptors (Lipinski definition) is 1. The average molecular weight is 304 g/mol. The summed E-state index contributed by atoms with van der Waals surface area (Å²) in [6, 6.07) is 3.14. The lowest BCUT2D eigenvalue weighted by molar-refractivity contribution is 0.0981. The molecule has 1 aromatic rings. The Labute approximate surface area is 95.8 Å². The van der Waals surface area contributed by atoms with Gasteiger partial charge in [-0.15, -0.1) is 0 Å².